The maximum absolute atomic E-state index is 5.44. The topological polar surface area (TPSA) is 35.2 Å². The van der Waals surface area contributed by atoms with Crippen LogP contribution in [-0.4, -0.2) is 19.3 Å². The van der Waals surface area contributed by atoms with Crippen molar-refractivity contribution in [3.05, 3.63) is 0 Å². The molecular formula is C6H11NO. The molecule has 0 unspecified atom stereocenters. The number of hydrogen-bond donors (Lipinski definition) is 1. The van der Waals surface area contributed by atoms with Gasteiger partial charge in [0.1, 0.15) is 0 Å². The molecule has 1 aliphatic carbocycles. The average molecular weight is 113 g/mol. The zero-order valence-corrected chi connectivity index (χ0v) is 4.84. The van der Waals surface area contributed by atoms with E-state index in [9.17, 15) is 0 Å². The van der Waals surface area contributed by atoms with Crippen LogP contribution in [0.25, 0.3) is 0 Å². The third-order valence-corrected chi connectivity index (χ3v) is 2.29. The summed E-state index contributed by atoms with van der Waals surface area (Å²) in [5.74, 6) is 1.57. The summed E-state index contributed by atoms with van der Waals surface area (Å²) in [4.78, 5) is 0. The van der Waals surface area contributed by atoms with Crippen molar-refractivity contribution in [3.63, 3.8) is 0 Å². The van der Waals surface area contributed by atoms with Crippen LogP contribution < -0.4 is 5.73 Å². The first-order chi connectivity index (χ1) is 3.93. The molecule has 8 heavy (non-hydrogen) atoms. The van der Waals surface area contributed by atoms with Gasteiger partial charge >= 0.3 is 0 Å². The SMILES string of the molecule is NC[C@@H]1[C@@H]2CCO[C@H]12. The molecule has 0 aromatic heterocycles. The maximum Gasteiger partial charge on any atom is 0.0652 e. The van der Waals surface area contributed by atoms with Gasteiger partial charge in [-0.1, -0.05) is 0 Å². The van der Waals surface area contributed by atoms with Gasteiger partial charge in [0.15, 0.2) is 0 Å². The molecule has 2 nitrogen and oxygen atoms in total. The normalized spacial score (nSPS) is 51.4. The molecule has 0 spiro atoms. The molecule has 46 valence electrons. The summed E-state index contributed by atoms with van der Waals surface area (Å²) in [5.41, 5.74) is 5.44. The number of fused-ring (bicyclic) bond motifs is 1. The lowest BCUT2D eigenvalue weighted by Gasteiger charge is -1.96. The average Bonchev–Trinajstić information content (AvgIpc) is 2.22. The number of rotatable bonds is 1. The van der Waals surface area contributed by atoms with Crippen LogP contribution in [0.4, 0.5) is 0 Å². The molecule has 1 saturated heterocycles. The summed E-state index contributed by atoms with van der Waals surface area (Å²) in [6.45, 7) is 1.81. The Hall–Kier alpha value is -0.0800. The summed E-state index contributed by atoms with van der Waals surface area (Å²) in [6, 6.07) is 0. The standard InChI is InChI=1S/C6H11NO/c7-3-5-4-1-2-8-6(4)5/h4-6H,1-3,7H2/t4-,5+,6-/m0/s1. The molecule has 1 aliphatic heterocycles. The van der Waals surface area contributed by atoms with E-state index < -0.39 is 0 Å². The van der Waals surface area contributed by atoms with Crippen molar-refractivity contribution >= 4 is 0 Å². The third-order valence-electron chi connectivity index (χ3n) is 2.29. The van der Waals surface area contributed by atoms with Gasteiger partial charge in [0.05, 0.1) is 6.10 Å². The Morgan fingerprint density at radius 3 is 2.88 bits per heavy atom. The lowest BCUT2D eigenvalue weighted by atomic mass is 10.2. The first-order valence-corrected chi connectivity index (χ1v) is 3.25. The zero-order chi connectivity index (χ0) is 5.56. The van der Waals surface area contributed by atoms with E-state index in [-0.39, 0.29) is 0 Å². The molecule has 1 saturated carbocycles. The Morgan fingerprint density at radius 2 is 2.50 bits per heavy atom. The van der Waals surface area contributed by atoms with Gasteiger partial charge in [0.2, 0.25) is 0 Å². The Kier molecular flexibility index (Phi) is 0.866. The Balaban J connectivity index is 1.94. The van der Waals surface area contributed by atoms with Crippen LogP contribution in [0.3, 0.4) is 0 Å². The number of ether oxygens (including phenoxy) is 1. The molecule has 0 radical (unpaired) electrons. The second kappa shape index (κ2) is 1.45. The van der Waals surface area contributed by atoms with Crippen molar-refractivity contribution in [2.45, 2.75) is 12.5 Å². The Bertz CT molecular complexity index is 87.9. The Labute approximate surface area is 49.0 Å². The Morgan fingerprint density at radius 1 is 1.62 bits per heavy atom. The zero-order valence-electron chi connectivity index (χ0n) is 4.84. The van der Waals surface area contributed by atoms with Crippen molar-refractivity contribution in [1.29, 1.82) is 0 Å². The smallest absolute Gasteiger partial charge is 0.0652 e. The van der Waals surface area contributed by atoms with Gasteiger partial charge in [-0.05, 0) is 18.9 Å². The van der Waals surface area contributed by atoms with Crippen LogP contribution in [-0.2, 0) is 4.74 Å². The predicted molar refractivity (Wildman–Crippen MR) is 30.4 cm³/mol. The van der Waals surface area contributed by atoms with Gasteiger partial charge in [-0.15, -0.1) is 0 Å². The molecule has 2 fully saturated rings. The first-order valence-electron chi connectivity index (χ1n) is 3.25. The van der Waals surface area contributed by atoms with E-state index in [1.54, 1.807) is 0 Å². The monoisotopic (exact) mass is 113 g/mol. The molecule has 3 atom stereocenters. The van der Waals surface area contributed by atoms with Crippen molar-refractivity contribution in [1.82, 2.24) is 0 Å². The minimum atomic E-state index is 0.569. The number of nitrogens with two attached hydrogens (primary N) is 1. The van der Waals surface area contributed by atoms with Crippen LogP contribution in [0.2, 0.25) is 0 Å². The maximum atomic E-state index is 5.44. The molecule has 0 aromatic carbocycles. The molecule has 0 aromatic rings. The van der Waals surface area contributed by atoms with E-state index in [1.165, 1.54) is 6.42 Å². The lowest BCUT2D eigenvalue weighted by Crippen LogP contribution is -2.08. The molecule has 2 heteroatoms. The highest BCUT2D eigenvalue weighted by Gasteiger charge is 2.53. The molecule has 0 amide bonds. The van der Waals surface area contributed by atoms with Crippen molar-refractivity contribution in [2.75, 3.05) is 13.2 Å². The van der Waals surface area contributed by atoms with Gasteiger partial charge in [-0.25, -0.2) is 0 Å². The van der Waals surface area contributed by atoms with E-state index >= 15 is 0 Å². The van der Waals surface area contributed by atoms with Crippen LogP contribution in [0.15, 0.2) is 0 Å². The second-order valence-electron chi connectivity index (χ2n) is 2.69. The molecule has 2 N–H and O–H groups in total. The van der Waals surface area contributed by atoms with Gasteiger partial charge in [0.25, 0.3) is 0 Å². The summed E-state index contributed by atoms with van der Waals surface area (Å²) < 4.78 is 5.35. The van der Waals surface area contributed by atoms with Crippen molar-refractivity contribution in [2.24, 2.45) is 17.6 Å². The molecule has 2 rings (SSSR count). The van der Waals surface area contributed by atoms with E-state index in [0.29, 0.717) is 6.10 Å². The molecular weight excluding hydrogens is 102 g/mol. The first kappa shape index (κ1) is 4.77. The summed E-state index contributed by atoms with van der Waals surface area (Å²) in [7, 11) is 0. The van der Waals surface area contributed by atoms with Gasteiger partial charge in [0, 0.05) is 12.5 Å². The summed E-state index contributed by atoms with van der Waals surface area (Å²) in [6.07, 6.45) is 1.83. The van der Waals surface area contributed by atoms with Crippen LogP contribution in [0.1, 0.15) is 6.42 Å². The van der Waals surface area contributed by atoms with E-state index in [2.05, 4.69) is 0 Å². The second-order valence-corrected chi connectivity index (χ2v) is 2.69. The largest absolute Gasteiger partial charge is 0.378 e. The predicted octanol–water partition coefficient (Wildman–Crippen LogP) is -0.0200. The minimum Gasteiger partial charge on any atom is -0.378 e. The van der Waals surface area contributed by atoms with Crippen LogP contribution >= 0.6 is 0 Å². The summed E-state index contributed by atoms with van der Waals surface area (Å²) in [5, 5.41) is 0. The minimum absolute atomic E-state index is 0.569. The molecule has 1 heterocycles. The van der Waals surface area contributed by atoms with E-state index in [4.69, 9.17) is 10.5 Å². The highest BCUT2D eigenvalue weighted by Crippen LogP contribution is 2.47. The number of hydrogen-bond acceptors (Lipinski definition) is 2. The molecule has 2 aliphatic rings. The van der Waals surface area contributed by atoms with Gasteiger partial charge < -0.3 is 10.5 Å². The fraction of sp³-hybridized carbons (Fsp3) is 1.00. The van der Waals surface area contributed by atoms with Crippen LogP contribution in [0.5, 0.6) is 0 Å². The fourth-order valence-electron chi connectivity index (χ4n) is 1.68. The van der Waals surface area contributed by atoms with E-state index in [1.807, 2.05) is 0 Å². The van der Waals surface area contributed by atoms with Crippen LogP contribution in [0, 0.1) is 11.8 Å². The lowest BCUT2D eigenvalue weighted by molar-refractivity contribution is 0.140. The third kappa shape index (κ3) is 0.446. The van der Waals surface area contributed by atoms with Gasteiger partial charge in [-0.2, -0.15) is 0 Å². The van der Waals surface area contributed by atoms with Gasteiger partial charge in [-0.3, -0.25) is 0 Å². The molecule has 0 bridgehead atoms. The quantitative estimate of drug-likeness (QED) is 0.518. The summed E-state index contributed by atoms with van der Waals surface area (Å²) >= 11 is 0. The highest BCUT2D eigenvalue weighted by molar-refractivity contribution is 5.02. The fourth-order valence-corrected chi connectivity index (χ4v) is 1.68. The van der Waals surface area contributed by atoms with E-state index in [0.717, 1.165) is 25.0 Å². The highest BCUT2D eigenvalue weighted by atomic mass is 16.5. The van der Waals surface area contributed by atoms with Crippen molar-refractivity contribution < 1.29 is 4.74 Å². The van der Waals surface area contributed by atoms with Crippen molar-refractivity contribution in [3.8, 4) is 0 Å².